The average molecular weight is 392 g/mol. The van der Waals surface area contributed by atoms with Crippen LogP contribution in [0.25, 0.3) is 0 Å². The molecule has 0 amide bonds. The largest absolute Gasteiger partial charge is 0.397 e. The first kappa shape index (κ1) is 20.6. The summed E-state index contributed by atoms with van der Waals surface area (Å²) in [5, 5.41) is 6.49. The lowest BCUT2D eigenvalue weighted by Gasteiger charge is -2.28. The molecule has 0 aromatic rings. The molecule has 2 aliphatic heterocycles. The highest BCUT2D eigenvalue weighted by Crippen LogP contribution is 2.37. The van der Waals surface area contributed by atoms with Crippen molar-refractivity contribution in [2.45, 2.75) is 38.0 Å². The van der Waals surface area contributed by atoms with Gasteiger partial charge < -0.3 is 46.9 Å². The van der Waals surface area contributed by atoms with Crippen molar-refractivity contribution in [3.63, 3.8) is 0 Å². The third-order valence-corrected chi connectivity index (χ3v) is 4.82. The van der Waals surface area contributed by atoms with Gasteiger partial charge in [-0.05, 0) is 32.2 Å². The quantitative estimate of drug-likeness (QED) is 0.116. The molecule has 0 spiro atoms. The molecule has 2 rings (SSSR count). The fraction of sp³-hybridized carbons (Fsp3) is 0.714. The summed E-state index contributed by atoms with van der Waals surface area (Å²) in [4.78, 5) is 11.2. The third kappa shape index (κ3) is 5.89. The molecule has 0 aromatic heterocycles. The van der Waals surface area contributed by atoms with Gasteiger partial charge in [-0.3, -0.25) is 0 Å². The maximum atomic E-state index is 9.16. The van der Waals surface area contributed by atoms with E-state index in [1.54, 1.807) is 0 Å². The number of nitrogens with zero attached hydrogens (tertiary/aromatic N) is 1. The Bertz CT molecular complexity index is 493. The molecule has 0 radical (unpaired) electrons. The number of rotatable bonds is 10. The van der Waals surface area contributed by atoms with Crippen molar-refractivity contribution >= 4 is 19.8 Å². The monoisotopic (exact) mass is 392 g/mol. The maximum absolute atomic E-state index is 9.16. The van der Waals surface area contributed by atoms with Crippen molar-refractivity contribution in [3.05, 3.63) is 23.3 Å². The van der Waals surface area contributed by atoms with Crippen molar-refractivity contribution in [3.8, 4) is 0 Å². The van der Waals surface area contributed by atoms with Crippen LogP contribution >= 0.6 is 19.8 Å². The molecule has 0 unspecified atom stereocenters. The highest BCUT2D eigenvalue weighted by atomic mass is 32.7. The number of hydrogen-bond acceptors (Lipinski definition) is 10. The molecule has 0 aliphatic carbocycles. The Kier molecular flexibility index (Phi) is 8.57. The number of nitrogens with two attached hydrogens (primary N) is 3. The van der Waals surface area contributed by atoms with Gasteiger partial charge in [-0.1, -0.05) is 18.3 Å². The smallest absolute Gasteiger partial charge is 0.232 e. The van der Waals surface area contributed by atoms with Gasteiger partial charge in [0.05, 0.1) is 37.4 Å². The van der Waals surface area contributed by atoms with Gasteiger partial charge in [0, 0.05) is 0 Å². The van der Waals surface area contributed by atoms with E-state index in [9.17, 15) is 0 Å². The number of allylic oxidation sites excluding steroid dienone is 1. The van der Waals surface area contributed by atoms with Crippen LogP contribution in [0.3, 0.4) is 0 Å². The van der Waals surface area contributed by atoms with E-state index in [-0.39, 0.29) is 12.3 Å². The predicted molar refractivity (Wildman–Crippen MR) is 102 cm³/mol. The summed E-state index contributed by atoms with van der Waals surface area (Å²) in [6.07, 6.45) is 5.24. The van der Waals surface area contributed by atoms with Gasteiger partial charge in [0.15, 0.2) is 0 Å². The lowest BCUT2D eigenvalue weighted by Crippen LogP contribution is -2.40. The molecular weight excluding hydrogens is 363 g/mol. The van der Waals surface area contributed by atoms with Crippen LogP contribution in [0.2, 0.25) is 0 Å². The molecule has 25 heavy (non-hydrogen) atoms. The summed E-state index contributed by atoms with van der Waals surface area (Å²) in [7, 11) is -1.66. The van der Waals surface area contributed by atoms with Crippen molar-refractivity contribution < 1.29 is 14.2 Å². The third-order valence-electron chi connectivity index (χ3n) is 4.09. The van der Waals surface area contributed by atoms with Gasteiger partial charge >= 0.3 is 0 Å². The first-order valence-corrected chi connectivity index (χ1v) is 10.7. The fourth-order valence-electron chi connectivity index (χ4n) is 2.91. The van der Waals surface area contributed by atoms with Crippen LogP contribution in [0.5, 0.6) is 0 Å². The standard InChI is InChI=1S/C14H29N6O3PS/c15-6-2-1-3-11(17)13-14(18-8-16)20(9-19-13)12-5-4-10(23-12)7-22-24(21)25/h3,10,12,18-19,21,25H,1-2,4-9,15-17H2/b11-3+/t10-,12+,24-/m0/s1. The van der Waals surface area contributed by atoms with Crippen molar-refractivity contribution in [1.29, 1.82) is 0 Å². The van der Waals surface area contributed by atoms with Crippen molar-refractivity contribution in [2.75, 3.05) is 26.5 Å². The lowest BCUT2D eigenvalue weighted by atomic mass is 10.2. The number of unbranched alkanes of at least 4 members (excludes halogenated alkanes) is 1. The average Bonchev–Trinajstić information content (AvgIpc) is 3.20. The van der Waals surface area contributed by atoms with Crippen LogP contribution in [0, 0.1) is 0 Å². The molecule has 1 fully saturated rings. The molecular formula is C14H29N6O3PS. The maximum Gasteiger partial charge on any atom is 0.232 e. The zero-order valence-electron chi connectivity index (χ0n) is 14.2. The second kappa shape index (κ2) is 10.4. The molecule has 144 valence electrons. The zero-order valence-corrected chi connectivity index (χ0v) is 16.0. The Morgan fingerprint density at radius 3 is 3.00 bits per heavy atom. The van der Waals surface area contributed by atoms with E-state index < -0.39 is 7.58 Å². The molecule has 1 saturated heterocycles. The molecule has 0 aromatic carbocycles. The molecule has 11 heteroatoms. The highest BCUT2D eigenvalue weighted by molar-refractivity contribution is 8.41. The van der Waals surface area contributed by atoms with Crippen LogP contribution in [-0.2, 0) is 9.26 Å². The van der Waals surface area contributed by atoms with E-state index >= 15 is 0 Å². The van der Waals surface area contributed by atoms with Crippen LogP contribution < -0.4 is 27.8 Å². The first-order chi connectivity index (χ1) is 12.1. The molecule has 9 N–H and O–H groups in total. The summed E-state index contributed by atoms with van der Waals surface area (Å²) in [6, 6.07) is 0. The minimum atomic E-state index is -1.66. The Morgan fingerprint density at radius 1 is 1.52 bits per heavy atom. The fourth-order valence-corrected chi connectivity index (χ4v) is 3.41. The van der Waals surface area contributed by atoms with E-state index in [2.05, 4.69) is 27.8 Å². The molecule has 3 atom stereocenters. The van der Waals surface area contributed by atoms with E-state index in [0.717, 1.165) is 37.2 Å². The number of hydrogen-bond donors (Lipinski definition) is 7. The summed E-state index contributed by atoms with van der Waals surface area (Å²) in [6.45, 7) is 1.85. The number of thiol groups is 1. The lowest BCUT2D eigenvalue weighted by molar-refractivity contribution is -0.0508. The second-order valence-electron chi connectivity index (χ2n) is 5.84. The van der Waals surface area contributed by atoms with Gasteiger partial charge in [0.1, 0.15) is 12.0 Å². The Labute approximate surface area is 155 Å². The van der Waals surface area contributed by atoms with Crippen LogP contribution in [0.4, 0.5) is 0 Å². The van der Waals surface area contributed by atoms with E-state index in [1.165, 1.54) is 0 Å². The summed E-state index contributed by atoms with van der Waals surface area (Å²) in [5.41, 5.74) is 18.9. The SMILES string of the molecule is NCCC/C=C(/N)C1=C(NCN)N([C@H]2CC[C@@H](CO[P@](O)S)O2)CN1. The van der Waals surface area contributed by atoms with Gasteiger partial charge in [0.25, 0.3) is 0 Å². The Morgan fingerprint density at radius 2 is 2.32 bits per heavy atom. The molecule has 0 bridgehead atoms. The van der Waals surface area contributed by atoms with Crippen molar-refractivity contribution in [2.24, 2.45) is 17.2 Å². The van der Waals surface area contributed by atoms with E-state index in [0.29, 0.717) is 32.2 Å². The predicted octanol–water partition coefficient (Wildman–Crippen LogP) is -0.224. The highest BCUT2D eigenvalue weighted by Gasteiger charge is 2.35. The van der Waals surface area contributed by atoms with Gasteiger partial charge in [-0.25, -0.2) is 0 Å². The second-order valence-corrected chi connectivity index (χ2v) is 7.63. The molecule has 9 nitrogen and oxygen atoms in total. The first-order valence-electron chi connectivity index (χ1n) is 8.37. The van der Waals surface area contributed by atoms with Crippen LogP contribution in [-0.4, -0.2) is 48.6 Å². The summed E-state index contributed by atoms with van der Waals surface area (Å²) < 4.78 is 11.2. The van der Waals surface area contributed by atoms with Gasteiger partial charge in [0.2, 0.25) is 7.58 Å². The molecule has 0 saturated carbocycles. The van der Waals surface area contributed by atoms with E-state index in [4.69, 9.17) is 31.4 Å². The minimum Gasteiger partial charge on any atom is -0.397 e. The summed E-state index contributed by atoms with van der Waals surface area (Å²) >= 11 is 3.85. The van der Waals surface area contributed by atoms with Crippen molar-refractivity contribution in [1.82, 2.24) is 15.5 Å². The topological polar surface area (TPSA) is 144 Å². The minimum absolute atomic E-state index is 0.0603. The Hall–Kier alpha value is -0.740. The molecule has 2 aliphatic rings. The van der Waals surface area contributed by atoms with Gasteiger partial charge in [-0.2, -0.15) is 0 Å². The van der Waals surface area contributed by atoms with Crippen LogP contribution in [0.15, 0.2) is 23.3 Å². The Balaban J connectivity index is 2.02. The van der Waals surface area contributed by atoms with E-state index in [1.807, 2.05) is 6.08 Å². The number of nitrogens with one attached hydrogen (secondary N) is 2. The van der Waals surface area contributed by atoms with Gasteiger partial charge in [-0.15, -0.1) is 0 Å². The normalized spacial score (nSPS) is 25.4. The molecule has 2 heterocycles. The number of ether oxygens (including phenoxy) is 1. The summed E-state index contributed by atoms with van der Waals surface area (Å²) in [5.74, 6) is 0.842. The zero-order chi connectivity index (χ0) is 18.2. The van der Waals surface area contributed by atoms with Crippen LogP contribution in [0.1, 0.15) is 25.7 Å².